The number of ether oxygens (including phenoxy) is 1. The summed E-state index contributed by atoms with van der Waals surface area (Å²) in [6.45, 7) is 1.35. The predicted molar refractivity (Wildman–Crippen MR) is 257 cm³/mol. The topological polar surface area (TPSA) is 367 Å². The lowest BCUT2D eigenvalue weighted by Crippen LogP contribution is -2.11. The Bertz CT molecular complexity index is 2600. The number of carbonyl (C=O) groups excluding carboxylic acids is 4. The number of nitrogens with two attached hydrogens (primary N) is 4. The predicted octanol–water partition coefficient (Wildman–Crippen LogP) is 5.84. The van der Waals surface area contributed by atoms with Gasteiger partial charge < -0.3 is 64.0 Å². The zero-order valence-electron chi connectivity index (χ0n) is 35.7. The molecule has 0 atom stereocenters. The van der Waals surface area contributed by atoms with Crippen LogP contribution >= 0.6 is 11.6 Å². The van der Waals surface area contributed by atoms with Crippen LogP contribution in [0, 0.1) is 0 Å². The minimum Gasteiger partial charge on any atom is -0.478 e. The fraction of sp³-hybridized carbons (Fsp3) is 0.0213. The summed E-state index contributed by atoms with van der Waals surface area (Å²) in [5, 5.41) is 41.5. The maximum atomic E-state index is 11.9. The van der Waals surface area contributed by atoms with Crippen LogP contribution in [0.25, 0.3) is 5.57 Å². The van der Waals surface area contributed by atoms with Crippen LogP contribution in [0.3, 0.4) is 0 Å². The molecule has 0 saturated heterocycles. The van der Waals surface area contributed by atoms with E-state index in [1.54, 1.807) is 115 Å². The largest absolute Gasteiger partial charge is 0.478 e. The summed E-state index contributed by atoms with van der Waals surface area (Å²) in [6.07, 6.45) is 4.42. The number of esters is 1. The Balaban J connectivity index is 0.000000314. The molecule has 0 aromatic heterocycles. The van der Waals surface area contributed by atoms with E-state index in [1.807, 2.05) is 0 Å². The fourth-order valence-corrected chi connectivity index (χ4v) is 4.61. The molecule has 0 spiro atoms. The van der Waals surface area contributed by atoms with Crippen molar-refractivity contribution >= 4 is 105 Å². The molecule has 5 aromatic carbocycles. The SMILES string of the molecule is C/C(=C\C(=O)Nc1ccc(N)cc1)C(=O)O.Nc1ccc(NC(=O)/C=C(/C(=O)O)c2ccccc2)cc1.Nc1ccc(NC(=O)/C=C(\Cl)C(=O)O)cc1.Nc1ccc(OC(=O)/C=C/C(=O)O)cc1. The Labute approximate surface area is 392 Å². The summed E-state index contributed by atoms with van der Waals surface area (Å²) >= 11 is 5.28. The standard InChI is InChI=1S/C16H14N2O3.C11H12N2O3.C10H9ClN2O3.C10H9NO4/c17-12-6-8-13(9-7-12)18-15(19)10-14(16(20)21)11-4-2-1-3-5-11;1-7(11(15)16)6-10(14)13-9-4-2-8(12)3-5-9;11-8(10(15)16)5-9(14)13-7-3-1-6(12)2-4-7;11-7-1-3-8(4-2-7)15-10(14)6-5-9(12)13/h1-10H,17H2,(H,18,19)(H,20,21);2-6H,12H2,1H3,(H,13,14)(H,15,16);1-5H,12H2,(H,13,14)(H,15,16);1-6H,11H2,(H,12,13)/b14-10+;7-6+;8-5-;6-5+. The summed E-state index contributed by atoms with van der Waals surface area (Å²) < 4.78 is 4.78. The van der Waals surface area contributed by atoms with Gasteiger partial charge >= 0.3 is 29.8 Å². The highest BCUT2D eigenvalue weighted by Gasteiger charge is 2.13. The molecule has 0 aliphatic rings. The van der Waals surface area contributed by atoms with Crippen LogP contribution in [0.2, 0.25) is 0 Å². The first-order valence-corrected chi connectivity index (χ1v) is 19.5. The van der Waals surface area contributed by atoms with Crippen molar-refractivity contribution in [3.63, 3.8) is 0 Å². The first kappa shape index (κ1) is 54.4. The molecule has 0 bridgehead atoms. The van der Waals surface area contributed by atoms with Gasteiger partial charge in [0, 0.05) is 75.8 Å². The van der Waals surface area contributed by atoms with Gasteiger partial charge in [-0.1, -0.05) is 41.9 Å². The van der Waals surface area contributed by atoms with Crippen LogP contribution in [0.15, 0.2) is 168 Å². The van der Waals surface area contributed by atoms with Crippen LogP contribution in [-0.2, 0) is 38.4 Å². The fourth-order valence-electron chi connectivity index (χ4n) is 4.51. The molecule has 0 unspecified atom stereocenters. The molecule has 15 N–H and O–H groups in total. The van der Waals surface area contributed by atoms with E-state index in [0.717, 1.165) is 24.3 Å². The number of anilines is 7. The van der Waals surface area contributed by atoms with Crippen molar-refractivity contribution in [1.29, 1.82) is 0 Å². The molecule has 0 heterocycles. The third kappa shape index (κ3) is 22.6. The zero-order valence-corrected chi connectivity index (χ0v) is 36.4. The van der Waals surface area contributed by atoms with E-state index in [2.05, 4.69) is 16.0 Å². The molecule has 3 amide bonds. The number of aliphatic carboxylic acids is 4. The lowest BCUT2D eigenvalue weighted by molar-refractivity contribution is -0.133. The maximum absolute atomic E-state index is 11.9. The van der Waals surface area contributed by atoms with Crippen LogP contribution in [-0.4, -0.2) is 68.0 Å². The molecule has 0 fully saturated rings. The van der Waals surface area contributed by atoms with Gasteiger partial charge in [0.1, 0.15) is 10.8 Å². The van der Waals surface area contributed by atoms with Gasteiger partial charge in [-0.05, 0) is 110 Å². The number of rotatable bonds is 13. The molecule has 5 aromatic rings. The summed E-state index contributed by atoms with van der Waals surface area (Å²) in [5.41, 5.74) is 26.2. The second-order valence-corrected chi connectivity index (χ2v) is 13.6. The van der Waals surface area contributed by atoms with Crippen LogP contribution in [0.4, 0.5) is 39.8 Å². The van der Waals surface area contributed by atoms with E-state index in [1.165, 1.54) is 19.1 Å². The third-order valence-corrected chi connectivity index (χ3v) is 8.00. The van der Waals surface area contributed by atoms with E-state index >= 15 is 0 Å². The number of amides is 3. The molecular formula is C47H44ClN7O13. The highest BCUT2D eigenvalue weighted by molar-refractivity contribution is 6.42. The third-order valence-electron chi connectivity index (χ3n) is 7.73. The maximum Gasteiger partial charge on any atom is 0.347 e. The Morgan fingerprint density at radius 3 is 1.24 bits per heavy atom. The lowest BCUT2D eigenvalue weighted by Gasteiger charge is -2.05. The molecule has 21 heteroatoms. The average Bonchev–Trinajstić information content (AvgIpc) is 3.28. The highest BCUT2D eigenvalue weighted by Crippen LogP contribution is 2.17. The summed E-state index contributed by atoms with van der Waals surface area (Å²) in [7, 11) is 0. The van der Waals surface area contributed by atoms with Gasteiger partial charge in [0.15, 0.2) is 0 Å². The van der Waals surface area contributed by atoms with E-state index in [0.29, 0.717) is 57.2 Å². The number of carboxylic acids is 4. The molecule has 0 aliphatic carbocycles. The molecule has 68 heavy (non-hydrogen) atoms. The lowest BCUT2D eigenvalue weighted by atomic mass is 10.1. The van der Waals surface area contributed by atoms with Crippen LogP contribution < -0.4 is 43.6 Å². The normalized spacial score (nSPS) is 10.8. The number of nitrogen functional groups attached to an aromatic ring is 4. The second-order valence-electron chi connectivity index (χ2n) is 13.2. The number of nitrogens with one attached hydrogen (secondary N) is 3. The van der Waals surface area contributed by atoms with Gasteiger partial charge in [-0.25, -0.2) is 24.0 Å². The number of carbonyl (C=O) groups is 8. The van der Waals surface area contributed by atoms with Gasteiger partial charge in [0.05, 0.1) is 5.57 Å². The van der Waals surface area contributed by atoms with Gasteiger partial charge in [-0.15, -0.1) is 0 Å². The number of hydrogen-bond donors (Lipinski definition) is 11. The summed E-state index contributed by atoms with van der Waals surface area (Å²) in [5.74, 6) is -6.88. The van der Waals surface area contributed by atoms with Crippen molar-refractivity contribution in [1.82, 2.24) is 0 Å². The quantitative estimate of drug-likeness (QED) is 0.0285. The average molecular weight is 950 g/mol. The molecule has 352 valence electrons. The molecule has 0 saturated carbocycles. The van der Waals surface area contributed by atoms with E-state index < -0.39 is 52.6 Å². The van der Waals surface area contributed by atoms with E-state index in [4.69, 9.17) is 54.6 Å². The number of hydrogen-bond acceptors (Lipinski definition) is 13. The van der Waals surface area contributed by atoms with E-state index in [9.17, 15) is 43.5 Å². The van der Waals surface area contributed by atoms with Crippen molar-refractivity contribution in [2.24, 2.45) is 0 Å². The van der Waals surface area contributed by atoms with Crippen molar-refractivity contribution in [3.05, 3.63) is 174 Å². The Hall–Kier alpha value is -9.69. The van der Waals surface area contributed by atoms with Gasteiger partial charge in [0.25, 0.3) is 0 Å². The zero-order chi connectivity index (χ0) is 50.8. The Morgan fingerprint density at radius 1 is 0.485 bits per heavy atom. The first-order chi connectivity index (χ1) is 32.1. The Morgan fingerprint density at radius 2 is 0.868 bits per heavy atom. The molecular weight excluding hydrogens is 906 g/mol. The molecule has 5 rings (SSSR count). The smallest absolute Gasteiger partial charge is 0.347 e. The van der Waals surface area contributed by atoms with Crippen molar-refractivity contribution in [2.45, 2.75) is 6.92 Å². The van der Waals surface area contributed by atoms with Crippen molar-refractivity contribution in [2.75, 3.05) is 38.9 Å². The van der Waals surface area contributed by atoms with Crippen LogP contribution in [0.5, 0.6) is 5.75 Å². The van der Waals surface area contributed by atoms with Crippen LogP contribution in [0.1, 0.15) is 12.5 Å². The van der Waals surface area contributed by atoms with E-state index in [-0.39, 0.29) is 11.1 Å². The Kier molecular flexibility index (Phi) is 22.6. The summed E-state index contributed by atoms with van der Waals surface area (Å²) in [4.78, 5) is 87.6. The number of benzene rings is 5. The molecule has 20 nitrogen and oxygen atoms in total. The van der Waals surface area contributed by atoms with Crippen molar-refractivity contribution < 1.29 is 63.5 Å². The van der Waals surface area contributed by atoms with Gasteiger partial charge in [0.2, 0.25) is 17.7 Å². The first-order valence-electron chi connectivity index (χ1n) is 19.1. The minimum absolute atomic E-state index is 0.0204. The molecule has 0 radical (unpaired) electrons. The second kappa shape index (κ2) is 28.2. The molecule has 0 aliphatic heterocycles. The number of halogens is 1. The monoisotopic (exact) mass is 949 g/mol. The highest BCUT2D eigenvalue weighted by atomic mass is 35.5. The van der Waals surface area contributed by atoms with Gasteiger partial charge in [-0.2, -0.15) is 0 Å². The summed E-state index contributed by atoms with van der Waals surface area (Å²) in [6, 6.07) is 34.2. The van der Waals surface area contributed by atoms with Crippen molar-refractivity contribution in [3.8, 4) is 5.75 Å². The number of carboxylic acid groups (broad SMARTS) is 4. The van der Waals surface area contributed by atoms with Gasteiger partial charge in [-0.3, -0.25) is 14.4 Å². The minimum atomic E-state index is -1.35.